The van der Waals surface area contributed by atoms with Gasteiger partial charge in [-0.1, -0.05) is 0 Å². The fourth-order valence-corrected chi connectivity index (χ4v) is 2.36. The first-order valence-electron chi connectivity index (χ1n) is 6.24. The second kappa shape index (κ2) is 5.44. The SMILES string of the molecule is COC(=O)c1cc(N)cnc1N(C)CC1CC(O)C1. The molecule has 0 radical (unpaired) electrons. The second-order valence-corrected chi connectivity index (χ2v) is 5.00. The topological polar surface area (TPSA) is 88.7 Å². The van der Waals surface area contributed by atoms with Gasteiger partial charge in [-0.05, 0) is 24.8 Å². The largest absolute Gasteiger partial charge is 0.465 e. The average molecular weight is 265 g/mol. The van der Waals surface area contributed by atoms with Crippen LogP contribution in [0, 0.1) is 5.92 Å². The summed E-state index contributed by atoms with van der Waals surface area (Å²) in [4.78, 5) is 17.8. The molecule has 1 saturated carbocycles. The van der Waals surface area contributed by atoms with Gasteiger partial charge in [0, 0.05) is 13.6 Å². The van der Waals surface area contributed by atoms with Crippen molar-refractivity contribution in [1.29, 1.82) is 0 Å². The lowest BCUT2D eigenvalue weighted by Gasteiger charge is -2.35. The molecule has 3 N–H and O–H groups in total. The molecule has 1 aromatic rings. The van der Waals surface area contributed by atoms with Gasteiger partial charge in [0.15, 0.2) is 0 Å². The minimum absolute atomic E-state index is 0.183. The monoisotopic (exact) mass is 265 g/mol. The smallest absolute Gasteiger partial charge is 0.341 e. The van der Waals surface area contributed by atoms with Crippen molar-refractivity contribution in [2.75, 3.05) is 31.3 Å². The van der Waals surface area contributed by atoms with E-state index >= 15 is 0 Å². The summed E-state index contributed by atoms with van der Waals surface area (Å²) in [6.45, 7) is 0.748. The van der Waals surface area contributed by atoms with E-state index in [9.17, 15) is 9.90 Å². The van der Waals surface area contributed by atoms with Gasteiger partial charge in [-0.3, -0.25) is 0 Å². The number of ether oxygens (including phenoxy) is 1. The van der Waals surface area contributed by atoms with E-state index in [0.717, 1.165) is 19.4 Å². The molecule has 0 unspecified atom stereocenters. The predicted octanol–water partition coefficient (Wildman–Crippen LogP) is 0.657. The van der Waals surface area contributed by atoms with Gasteiger partial charge in [0.1, 0.15) is 11.4 Å². The van der Waals surface area contributed by atoms with Gasteiger partial charge in [-0.2, -0.15) is 0 Å². The summed E-state index contributed by atoms with van der Waals surface area (Å²) in [5, 5.41) is 9.29. The Morgan fingerprint density at radius 2 is 2.32 bits per heavy atom. The number of pyridine rings is 1. The minimum atomic E-state index is -0.449. The number of hydrogen-bond donors (Lipinski definition) is 2. The molecule has 0 spiro atoms. The van der Waals surface area contributed by atoms with Crippen LogP contribution in [0.4, 0.5) is 11.5 Å². The Labute approximate surface area is 112 Å². The van der Waals surface area contributed by atoms with Crippen molar-refractivity contribution in [3.8, 4) is 0 Å². The number of carbonyl (C=O) groups excluding carboxylic acids is 1. The molecular formula is C13H19N3O3. The molecule has 2 rings (SSSR count). The maximum absolute atomic E-state index is 11.7. The fourth-order valence-electron chi connectivity index (χ4n) is 2.36. The molecule has 0 aromatic carbocycles. The number of methoxy groups -OCH3 is 1. The van der Waals surface area contributed by atoms with Gasteiger partial charge in [-0.15, -0.1) is 0 Å². The van der Waals surface area contributed by atoms with Crippen LogP contribution in [0.5, 0.6) is 0 Å². The zero-order valence-corrected chi connectivity index (χ0v) is 11.2. The standard InChI is InChI=1S/C13H19N3O3/c1-16(7-8-3-10(17)4-8)12-11(13(18)19-2)5-9(14)6-15-12/h5-6,8,10,17H,3-4,7,14H2,1-2H3. The van der Waals surface area contributed by atoms with E-state index in [1.807, 2.05) is 11.9 Å². The molecule has 0 bridgehead atoms. The average Bonchev–Trinajstić information content (AvgIpc) is 2.35. The van der Waals surface area contributed by atoms with Gasteiger partial charge < -0.3 is 20.5 Å². The van der Waals surface area contributed by atoms with Crippen LogP contribution in [0.25, 0.3) is 0 Å². The second-order valence-electron chi connectivity index (χ2n) is 5.00. The van der Waals surface area contributed by atoms with E-state index in [-0.39, 0.29) is 6.10 Å². The van der Waals surface area contributed by atoms with Gasteiger partial charge in [0.2, 0.25) is 0 Å². The van der Waals surface area contributed by atoms with Gasteiger partial charge in [0.25, 0.3) is 0 Å². The number of nitrogen functional groups attached to an aromatic ring is 1. The molecule has 1 aliphatic carbocycles. The third-order valence-electron chi connectivity index (χ3n) is 3.40. The quantitative estimate of drug-likeness (QED) is 0.777. The Morgan fingerprint density at radius 3 is 2.89 bits per heavy atom. The zero-order chi connectivity index (χ0) is 14.0. The van der Waals surface area contributed by atoms with Crippen molar-refractivity contribution in [2.45, 2.75) is 18.9 Å². The Morgan fingerprint density at radius 1 is 1.63 bits per heavy atom. The van der Waals surface area contributed by atoms with Crippen LogP contribution >= 0.6 is 0 Å². The fraction of sp³-hybridized carbons (Fsp3) is 0.538. The lowest BCUT2D eigenvalue weighted by Crippen LogP contribution is -2.37. The Hall–Kier alpha value is -1.82. The van der Waals surface area contributed by atoms with Crippen LogP contribution < -0.4 is 10.6 Å². The summed E-state index contributed by atoms with van der Waals surface area (Å²) < 4.78 is 4.74. The molecule has 0 atom stereocenters. The van der Waals surface area contributed by atoms with E-state index in [4.69, 9.17) is 10.5 Å². The number of rotatable bonds is 4. The van der Waals surface area contributed by atoms with E-state index < -0.39 is 5.97 Å². The van der Waals surface area contributed by atoms with Crippen molar-refractivity contribution < 1.29 is 14.6 Å². The van der Waals surface area contributed by atoms with Crippen molar-refractivity contribution in [3.63, 3.8) is 0 Å². The van der Waals surface area contributed by atoms with Crippen molar-refractivity contribution in [1.82, 2.24) is 4.98 Å². The number of aliphatic hydroxyl groups is 1. The van der Waals surface area contributed by atoms with Crippen LogP contribution in [0.3, 0.4) is 0 Å². The van der Waals surface area contributed by atoms with Crippen molar-refractivity contribution in [3.05, 3.63) is 17.8 Å². The molecule has 1 fully saturated rings. The third-order valence-corrected chi connectivity index (χ3v) is 3.40. The Kier molecular flexibility index (Phi) is 3.90. The van der Waals surface area contributed by atoms with Crippen molar-refractivity contribution >= 4 is 17.5 Å². The molecule has 0 amide bonds. The minimum Gasteiger partial charge on any atom is -0.465 e. The molecular weight excluding hydrogens is 246 g/mol. The lowest BCUT2D eigenvalue weighted by atomic mass is 9.82. The summed E-state index contributed by atoms with van der Waals surface area (Å²) in [6, 6.07) is 1.57. The summed E-state index contributed by atoms with van der Waals surface area (Å²) in [7, 11) is 3.20. The highest BCUT2D eigenvalue weighted by molar-refractivity contribution is 5.95. The summed E-state index contributed by atoms with van der Waals surface area (Å²) >= 11 is 0. The van der Waals surface area contributed by atoms with Gasteiger partial charge in [0.05, 0.1) is 25.1 Å². The van der Waals surface area contributed by atoms with E-state index in [0.29, 0.717) is 23.0 Å². The predicted molar refractivity (Wildman–Crippen MR) is 72.0 cm³/mol. The molecule has 1 aliphatic rings. The number of hydrogen-bond acceptors (Lipinski definition) is 6. The van der Waals surface area contributed by atoms with E-state index in [1.54, 1.807) is 6.07 Å². The van der Waals surface area contributed by atoms with Crippen molar-refractivity contribution in [2.24, 2.45) is 5.92 Å². The lowest BCUT2D eigenvalue weighted by molar-refractivity contribution is 0.0462. The van der Waals surface area contributed by atoms with Gasteiger partial charge in [-0.25, -0.2) is 9.78 Å². The molecule has 1 heterocycles. The third kappa shape index (κ3) is 2.96. The van der Waals surface area contributed by atoms with Crippen LogP contribution in [0.15, 0.2) is 12.3 Å². The summed E-state index contributed by atoms with van der Waals surface area (Å²) in [5.74, 6) is 0.544. The first kappa shape index (κ1) is 13.6. The summed E-state index contributed by atoms with van der Waals surface area (Å²) in [6.07, 6.45) is 2.94. The zero-order valence-electron chi connectivity index (χ0n) is 11.2. The number of aliphatic hydroxyl groups excluding tert-OH is 1. The Balaban J connectivity index is 2.15. The molecule has 6 nitrogen and oxygen atoms in total. The molecule has 19 heavy (non-hydrogen) atoms. The maximum atomic E-state index is 11.7. The normalized spacial score (nSPS) is 21.6. The van der Waals surface area contributed by atoms with Crippen LogP contribution in [0.1, 0.15) is 23.2 Å². The number of nitrogens with two attached hydrogens (primary N) is 1. The number of esters is 1. The number of anilines is 2. The molecule has 104 valence electrons. The number of aromatic nitrogens is 1. The molecule has 0 saturated heterocycles. The molecule has 1 aromatic heterocycles. The first-order valence-corrected chi connectivity index (χ1v) is 6.24. The van der Waals surface area contributed by atoms with Crippen LogP contribution in [-0.2, 0) is 4.74 Å². The Bertz CT molecular complexity index is 472. The highest BCUT2D eigenvalue weighted by Gasteiger charge is 2.29. The highest BCUT2D eigenvalue weighted by atomic mass is 16.5. The highest BCUT2D eigenvalue weighted by Crippen LogP contribution is 2.29. The molecule has 6 heteroatoms. The first-order chi connectivity index (χ1) is 9.01. The van der Waals surface area contributed by atoms with E-state index in [2.05, 4.69) is 4.98 Å². The van der Waals surface area contributed by atoms with Gasteiger partial charge >= 0.3 is 5.97 Å². The molecule has 0 aliphatic heterocycles. The van der Waals surface area contributed by atoms with E-state index in [1.165, 1.54) is 13.3 Å². The maximum Gasteiger partial charge on any atom is 0.341 e. The summed E-state index contributed by atoms with van der Waals surface area (Å²) in [5.41, 5.74) is 6.45. The number of carbonyl (C=O) groups is 1. The number of nitrogens with zero attached hydrogens (tertiary/aromatic N) is 2. The van der Waals surface area contributed by atoms with Crippen LogP contribution in [-0.4, -0.2) is 42.9 Å². The van der Waals surface area contributed by atoms with Crippen LogP contribution in [0.2, 0.25) is 0 Å².